The van der Waals surface area contributed by atoms with Gasteiger partial charge in [0.25, 0.3) is 0 Å². The van der Waals surface area contributed by atoms with Crippen molar-refractivity contribution in [1.29, 1.82) is 0 Å². The molecule has 7 nitrogen and oxygen atoms in total. The maximum atomic E-state index is 13.3. The van der Waals surface area contributed by atoms with Crippen LogP contribution in [0.5, 0.6) is 0 Å². The van der Waals surface area contributed by atoms with Crippen molar-refractivity contribution in [3.63, 3.8) is 0 Å². The predicted octanol–water partition coefficient (Wildman–Crippen LogP) is 3.80. The Kier molecular flexibility index (Phi) is 3.30. The van der Waals surface area contributed by atoms with Crippen LogP contribution >= 0.6 is 0 Å². The summed E-state index contributed by atoms with van der Waals surface area (Å²) in [6, 6.07) is 13.2. The maximum Gasteiger partial charge on any atom is 0.335 e. The predicted molar refractivity (Wildman–Crippen MR) is 103 cm³/mol. The van der Waals surface area contributed by atoms with Gasteiger partial charge in [-0.15, -0.1) is 0 Å². The molecule has 1 N–H and O–H groups in total. The number of nitrogens with zero attached hydrogens (tertiary/aromatic N) is 5. The molecule has 0 spiro atoms. The molecule has 4 aromatic rings. The van der Waals surface area contributed by atoms with Gasteiger partial charge in [0.15, 0.2) is 0 Å². The Bertz CT molecular complexity index is 1220. The Hall–Kier alpha value is -3.92. The second-order valence-electron chi connectivity index (χ2n) is 6.36. The Morgan fingerprint density at radius 3 is 2.78 bits per heavy atom. The molecule has 0 aliphatic carbocycles. The van der Waals surface area contributed by atoms with Crippen LogP contribution < -0.4 is 9.80 Å². The van der Waals surface area contributed by atoms with Crippen molar-refractivity contribution in [2.24, 2.45) is 0 Å². The highest BCUT2D eigenvalue weighted by Crippen LogP contribution is 2.35. The number of aromatic amines is 1. The Morgan fingerprint density at radius 1 is 1.04 bits per heavy atom. The van der Waals surface area contributed by atoms with E-state index in [1.165, 1.54) is 4.90 Å². The molecule has 130 valence electrons. The fraction of sp³-hybridized carbons (Fsp3) is 0.100. The maximum absolute atomic E-state index is 13.3. The number of hydrogen-bond donors (Lipinski definition) is 1. The van der Waals surface area contributed by atoms with Gasteiger partial charge < -0.3 is 0 Å². The SMILES string of the molecule is [C-]#[N+][C@@H]1CN(c2cccc3cn[nH]c23)C(=O)N1c1cncc2ccccc12. The van der Waals surface area contributed by atoms with Crippen LogP contribution in [0.15, 0.2) is 61.1 Å². The van der Waals surface area contributed by atoms with Gasteiger partial charge in [0.2, 0.25) is 0 Å². The summed E-state index contributed by atoms with van der Waals surface area (Å²) >= 11 is 0. The number of H-pyrrole nitrogens is 1. The average Bonchev–Trinajstić information content (AvgIpc) is 3.31. The first-order valence-electron chi connectivity index (χ1n) is 8.50. The molecule has 0 unspecified atom stereocenters. The number of para-hydroxylation sites is 1. The van der Waals surface area contributed by atoms with E-state index in [4.69, 9.17) is 6.57 Å². The van der Waals surface area contributed by atoms with Gasteiger partial charge in [0, 0.05) is 22.4 Å². The number of nitrogens with one attached hydrogen (secondary N) is 1. The lowest BCUT2D eigenvalue weighted by Gasteiger charge is -2.19. The molecule has 2 aromatic carbocycles. The van der Waals surface area contributed by atoms with Crippen molar-refractivity contribution in [3.8, 4) is 0 Å². The first-order chi connectivity index (χ1) is 13.3. The van der Waals surface area contributed by atoms with Crippen molar-refractivity contribution in [2.45, 2.75) is 6.17 Å². The molecular formula is C20H14N6O. The van der Waals surface area contributed by atoms with Crippen molar-refractivity contribution >= 4 is 39.1 Å². The van der Waals surface area contributed by atoms with E-state index in [0.29, 0.717) is 5.69 Å². The molecule has 0 radical (unpaired) electrons. The van der Waals surface area contributed by atoms with Crippen LogP contribution in [0.1, 0.15) is 0 Å². The zero-order valence-corrected chi connectivity index (χ0v) is 14.2. The quantitative estimate of drug-likeness (QED) is 0.557. The van der Waals surface area contributed by atoms with E-state index in [1.807, 2.05) is 42.5 Å². The highest BCUT2D eigenvalue weighted by Gasteiger charge is 2.44. The number of anilines is 2. The molecule has 1 fully saturated rings. The van der Waals surface area contributed by atoms with Crippen LogP contribution in [0.2, 0.25) is 0 Å². The summed E-state index contributed by atoms with van der Waals surface area (Å²) in [5, 5.41) is 9.77. The van der Waals surface area contributed by atoms with Crippen LogP contribution in [0.3, 0.4) is 0 Å². The third-order valence-corrected chi connectivity index (χ3v) is 4.88. The molecule has 7 heteroatoms. The number of fused-ring (bicyclic) bond motifs is 2. The summed E-state index contributed by atoms with van der Waals surface area (Å²) < 4.78 is 0. The van der Waals surface area contributed by atoms with Crippen molar-refractivity contribution < 1.29 is 4.79 Å². The number of hydrogen-bond acceptors (Lipinski definition) is 3. The van der Waals surface area contributed by atoms with Crippen molar-refractivity contribution in [2.75, 3.05) is 16.3 Å². The zero-order valence-electron chi connectivity index (χ0n) is 14.2. The lowest BCUT2D eigenvalue weighted by molar-refractivity contribution is 0.255. The van der Waals surface area contributed by atoms with Gasteiger partial charge in [-0.05, 0) is 6.07 Å². The number of amides is 2. The van der Waals surface area contributed by atoms with E-state index >= 15 is 0 Å². The van der Waals surface area contributed by atoms with Crippen molar-refractivity contribution in [1.82, 2.24) is 15.2 Å². The van der Waals surface area contributed by atoms with Gasteiger partial charge in [-0.1, -0.05) is 36.4 Å². The largest absolute Gasteiger partial charge is 0.335 e. The van der Waals surface area contributed by atoms with Gasteiger partial charge in [-0.25, -0.2) is 16.3 Å². The van der Waals surface area contributed by atoms with E-state index in [9.17, 15) is 4.79 Å². The topological polar surface area (TPSA) is 69.5 Å². The molecule has 1 aliphatic rings. The van der Waals surface area contributed by atoms with Crippen LogP contribution in [-0.4, -0.2) is 33.9 Å². The van der Waals surface area contributed by atoms with Crippen LogP contribution in [0, 0.1) is 6.57 Å². The highest BCUT2D eigenvalue weighted by atomic mass is 16.2. The monoisotopic (exact) mass is 354 g/mol. The van der Waals surface area contributed by atoms with Gasteiger partial charge >= 0.3 is 12.2 Å². The summed E-state index contributed by atoms with van der Waals surface area (Å²) in [5.41, 5.74) is 2.16. The Labute approximate surface area is 154 Å². The lowest BCUT2D eigenvalue weighted by atomic mass is 10.1. The zero-order chi connectivity index (χ0) is 18.4. The van der Waals surface area contributed by atoms with Crippen LogP contribution in [0.4, 0.5) is 16.2 Å². The van der Waals surface area contributed by atoms with Crippen LogP contribution in [0.25, 0.3) is 26.5 Å². The Balaban J connectivity index is 1.65. The molecule has 27 heavy (non-hydrogen) atoms. The number of carbonyl (C=O) groups is 1. The molecule has 1 atom stereocenters. The number of benzene rings is 2. The molecule has 5 rings (SSSR count). The van der Waals surface area contributed by atoms with E-state index < -0.39 is 6.17 Å². The van der Waals surface area contributed by atoms with E-state index in [0.717, 1.165) is 27.4 Å². The molecule has 0 bridgehead atoms. The summed E-state index contributed by atoms with van der Waals surface area (Å²) in [7, 11) is 0. The summed E-state index contributed by atoms with van der Waals surface area (Å²) in [5.74, 6) is 0. The highest BCUT2D eigenvalue weighted by molar-refractivity contribution is 6.13. The third kappa shape index (κ3) is 2.24. The molecule has 1 saturated heterocycles. The molecular weight excluding hydrogens is 340 g/mol. The average molecular weight is 354 g/mol. The minimum atomic E-state index is -0.622. The van der Waals surface area contributed by atoms with E-state index in [-0.39, 0.29) is 12.6 Å². The standard InChI is InChI=1S/C20H14N6O/c1-21-18-12-25(16-8-4-6-14-10-23-24-19(14)16)20(27)26(18)17-11-22-9-13-5-2-3-7-15(13)17/h2-11,18H,12H2,(H,23,24)/t18-/m0/s1. The molecule has 2 aromatic heterocycles. The van der Waals surface area contributed by atoms with E-state index in [1.54, 1.807) is 23.5 Å². The number of rotatable bonds is 2. The fourth-order valence-electron chi connectivity index (χ4n) is 3.61. The fourth-order valence-corrected chi connectivity index (χ4v) is 3.61. The first kappa shape index (κ1) is 15.3. The lowest BCUT2D eigenvalue weighted by Crippen LogP contribution is -2.34. The van der Waals surface area contributed by atoms with Gasteiger partial charge in [-0.3, -0.25) is 19.8 Å². The van der Waals surface area contributed by atoms with Gasteiger partial charge in [0.05, 0.1) is 29.3 Å². The molecule has 2 amide bonds. The molecule has 3 heterocycles. The second kappa shape index (κ2) is 5.81. The molecule has 1 aliphatic heterocycles. The summed E-state index contributed by atoms with van der Waals surface area (Å²) in [4.78, 5) is 24.5. The number of urea groups is 1. The van der Waals surface area contributed by atoms with Gasteiger partial charge in [-0.2, -0.15) is 5.10 Å². The van der Waals surface area contributed by atoms with E-state index in [2.05, 4.69) is 20.0 Å². The molecule has 0 saturated carbocycles. The summed E-state index contributed by atoms with van der Waals surface area (Å²) in [6.45, 7) is 7.91. The third-order valence-electron chi connectivity index (χ3n) is 4.88. The normalized spacial score (nSPS) is 17.0. The Morgan fingerprint density at radius 2 is 1.89 bits per heavy atom. The van der Waals surface area contributed by atoms with Crippen LogP contribution in [-0.2, 0) is 0 Å². The number of pyridine rings is 1. The smallest absolute Gasteiger partial charge is 0.287 e. The second-order valence-corrected chi connectivity index (χ2v) is 6.36. The first-order valence-corrected chi connectivity index (χ1v) is 8.50. The minimum absolute atomic E-state index is 0.240. The number of carbonyl (C=O) groups excluding carboxylic acids is 1. The van der Waals surface area contributed by atoms with Crippen molar-refractivity contribution in [3.05, 3.63) is 72.5 Å². The summed E-state index contributed by atoms with van der Waals surface area (Å²) in [6.07, 6.45) is 4.51. The van der Waals surface area contributed by atoms with Gasteiger partial charge in [0.1, 0.15) is 6.54 Å². The minimum Gasteiger partial charge on any atom is -0.287 e. The number of aromatic nitrogens is 3.